The van der Waals surface area contributed by atoms with Gasteiger partial charge in [-0.3, -0.25) is 0 Å². The fourth-order valence-corrected chi connectivity index (χ4v) is 3.50. The van der Waals surface area contributed by atoms with E-state index in [-0.39, 0.29) is 0 Å². The summed E-state index contributed by atoms with van der Waals surface area (Å²) in [5, 5.41) is 8.94. The standard InChI is InChI=1S/C17H28N8/c1-5-25-15(11-23(3)4)21-22-16(25)13-6-8-24(9-7-13)14-10-12(2)19-17(18)20-14/h10,13H,5-9,11H2,1-4H3,(H2,18,19,20). The number of hydrogen-bond donors (Lipinski definition) is 1. The van der Waals surface area contributed by atoms with Crippen molar-refractivity contribution in [2.75, 3.05) is 37.8 Å². The second-order valence-corrected chi connectivity index (χ2v) is 6.94. The molecule has 2 aromatic rings. The fourth-order valence-electron chi connectivity index (χ4n) is 3.50. The lowest BCUT2D eigenvalue weighted by Crippen LogP contribution is -2.34. The predicted octanol–water partition coefficient (Wildman–Crippen LogP) is 1.42. The van der Waals surface area contributed by atoms with Gasteiger partial charge in [0.2, 0.25) is 5.95 Å². The highest BCUT2D eigenvalue weighted by Crippen LogP contribution is 2.29. The Morgan fingerprint density at radius 1 is 1.20 bits per heavy atom. The maximum Gasteiger partial charge on any atom is 0.222 e. The first-order valence-corrected chi connectivity index (χ1v) is 8.90. The summed E-state index contributed by atoms with van der Waals surface area (Å²) in [5.74, 6) is 3.88. The van der Waals surface area contributed by atoms with E-state index in [9.17, 15) is 0 Å². The summed E-state index contributed by atoms with van der Waals surface area (Å²) in [5.41, 5.74) is 6.70. The van der Waals surface area contributed by atoms with E-state index in [1.165, 1.54) is 0 Å². The summed E-state index contributed by atoms with van der Waals surface area (Å²) >= 11 is 0. The van der Waals surface area contributed by atoms with Crippen molar-refractivity contribution < 1.29 is 0 Å². The average molecular weight is 344 g/mol. The third-order valence-electron chi connectivity index (χ3n) is 4.67. The van der Waals surface area contributed by atoms with Crippen LogP contribution in [0.25, 0.3) is 0 Å². The van der Waals surface area contributed by atoms with E-state index < -0.39 is 0 Å². The Bertz CT molecular complexity index is 695. The van der Waals surface area contributed by atoms with Gasteiger partial charge in [0, 0.05) is 37.3 Å². The Hall–Kier alpha value is -2.22. The van der Waals surface area contributed by atoms with Gasteiger partial charge in [-0.2, -0.15) is 4.98 Å². The maximum absolute atomic E-state index is 5.79. The first kappa shape index (κ1) is 17.6. The first-order chi connectivity index (χ1) is 12.0. The molecule has 1 saturated heterocycles. The molecule has 0 bridgehead atoms. The van der Waals surface area contributed by atoms with Crippen LogP contribution in [0.1, 0.15) is 43.0 Å². The minimum absolute atomic E-state index is 0.344. The lowest BCUT2D eigenvalue weighted by atomic mass is 9.96. The molecule has 0 aliphatic carbocycles. The summed E-state index contributed by atoms with van der Waals surface area (Å²) in [6, 6.07) is 2.00. The Morgan fingerprint density at radius 3 is 2.52 bits per heavy atom. The highest BCUT2D eigenvalue weighted by atomic mass is 15.3. The molecule has 2 aromatic heterocycles. The van der Waals surface area contributed by atoms with Crippen LogP contribution < -0.4 is 10.6 Å². The average Bonchev–Trinajstić information content (AvgIpc) is 2.96. The molecule has 2 N–H and O–H groups in total. The minimum atomic E-state index is 0.344. The molecule has 0 saturated carbocycles. The summed E-state index contributed by atoms with van der Waals surface area (Å²) < 4.78 is 2.27. The zero-order valence-corrected chi connectivity index (χ0v) is 15.6. The quantitative estimate of drug-likeness (QED) is 0.877. The lowest BCUT2D eigenvalue weighted by Gasteiger charge is -2.32. The lowest BCUT2D eigenvalue weighted by molar-refractivity contribution is 0.377. The van der Waals surface area contributed by atoms with Gasteiger partial charge in [-0.1, -0.05) is 0 Å². The SMILES string of the molecule is CCn1c(CN(C)C)nnc1C1CCN(c2cc(C)nc(N)n2)CC1. The molecule has 0 radical (unpaired) electrons. The third-order valence-corrected chi connectivity index (χ3v) is 4.67. The van der Waals surface area contributed by atoms with Gasteiger partial charge in [0.15, 0.2) is 0 Å². The van der Waals surface area contributed by atoms with Crippen molar-refractivity contribution in [1.82, 2.24) is 29.6 Å². The van der Waals surface area contributed by atoms with Gasteiger partial charge in [-0.05, 0) is 40.8 Å². The molecule has 25 heavy (non-hydrogen) atoms. The summed E-state index contributed by atoms with van der Waals surface area (Å²) in [6.07, 6.45) is 2.09. The van der Waals surface area contributed by atoms with Crippen molar-refractivity contribution in [1.29, 1.82) is 0 Å². The number of anilines is 2. The molecule has 3 heterocycles. The van der Waals surface area contributed by atoms with Crippen LogP contribution in [0.4, 0.5) is 11.8 Å². The molecule has 1 aliphatic heterocycles. The van der Waals surface area contributed by atoms with Gasteiger partial charge in [0.25, 0.3) is 0 Å². The van der Waals surface area contributed by atoms with Crippen molar-refractivity contribution >= 4 is 11.8 Å². The molecule has 3 rings (SSSR count). The number of nitrogens with two attached hydrogens (primary N) is 1. The number of aromatic nitrogens is 5. The van der Waals surface area contributed by atoms with Gasteiger partial charge in [0.05, 0.1) is 6.54 Å². The Balaban J connectivity index is 1.71. The monoisotopic (exact) mass is 344 g/mol. The molecule has 0 atom stereocenters. The van der Waals surface area contributed by atoms with E-state index in [1.54, 1.807) is 0 Å². The van der Waals surface area contributed by atoms with E-state index in [2.05, 4.69) is 55.6 Å². The molecule has 1 fully saturated rings. The van der Waals surface area contributed by atoms with E-state index in [4.69, 9.17) is 5.73 Å². The number of aryl methyl sites for hydroxylation is 1. The number of nitrogens with zero attached hydrogens (tertiary/aromatic N) is 7. The summed E-state index contributed by atoms with van der Waals surface area (Å²) in [7, 11) is 4.12. The molecule has 0 aromatic carbocycles. The molecule has 8 heteroatoms. The molecular formula is C17H28N8. The van der Waals surface area contributed by atoms with Crippen LogP contribution in [0.3, 0.4) is 0 Å². The van der Waals surface area contributed by atoms with Crippen molar-refractivity contribution in [3.8, 4) is 0 Å². The van der Waals surface area contributed by atoms with Gasteiger partial charge >= 0.3 is 0 Å². The Kier molecular flexibility index (Phi) is 5.17. The van der Waals surface area contributed by atoms with E-state index in [0.717, 1.165) is 62.2 Å². The number of hydrogen-bond acceptors (Lipinski definition) is 7. The topological polar surface area (TPSA) is 89.0 Å². The zero-order chi connectivity index (χ0) is 18.0. The Labute approximate surface area is 149 Å². The van der Waals surface area contributed by atoms with Crippen molar-refractivity contribution in [3.63, 3.8) is 0 Å². The number of piperidine rings is 1. The normalized spacial score (nSPS) is 16.0. The van der Waals surface area contributed by atoms with E-state index in [0.29, 0.717) is 11.9 Å². The smallest absolute Gasteiger partial charge is 0.222 e. The maximum atomic E-state index is 5.79. The van der Waals surface area contributed by atoms with Crippen LogP contribution in [0.5, 0.6) is 0 Å². The highest BCUT2D eigenvalue weighted by molar-refractivity contribution is 5.43. The molecule has 8 nitrogen and oxygen atoms in total. The molecular weight excluding hydrogens is 316 g/mol. The summed E-state index contributed by atoms with van der Waals surface area (Å²) in [6.45, 7) is 7.73. The number of rotatable bonds is 5. The number of nitrogen functional groups attached to an aromatic ring is 1. The molecule has 0 spiro atoms. The fraction of sp³-hybridized carbons (Fsp3) is 0.647. The molecule has 0 unspecified atom stereocenters. The third kappa shape index (κ3) is 3.89. The van der Waals surface area contributed by atoms with Gasteiger partial charge < -0.3 is 20.1 Å². The molecule has 136 valence electrons. The van der Waals surface area contributed by atoms with Crippen LogP contribution in [-0.4, -0.2) is 56.8 Å². The van der Waals surface area contributed by atoms with E-state index in [1.807, 2.05) is 13.0 Å². The van der Waals surface area contributed by atoms with Crippen LogP contribution >= 0.6 is 0 Å². The molecule has 1 aliphatic rings. The van der Waals surface area contributed by atoms with Gasteiger partial charge in [-0.25, -0.2) is 4.98 Å². The van der Waals surface area contributed by atoms with Gasteiger partial charge in [0.1, 0.15) is 17.5 Å². The van der Waals surface area contributed by atoms with Crippen molar-refractivity contribution in [3.05, 3.63) is 23.4 Å². The van der Waals surface area contributed by atoms with Crippen LogP contribution in [-0.2, 0) is 13.1 Å². The minimum Gasteiger partial charge on any atom is -0.368 e. The van der Waals surface area contributed by atoms with E-state index >= 15 is 0 Å². The summed E-state index contributed by atoms with van der Waals surface area (Å²) in [4.78, 5) is 13.0. The van der Waals surface area contributed by atoms with Crippen LogP contribution in [0.15, 0.2) is 6.07 Å². The van der Waals surface area contributed by atoms with Crippen LogP contribution in [0.2, 0.25) is 0 Å². The second kappa shape index (κ2) is 7.35. The highest BCUT2D eigenvalue weighted by Gasteiger charge is 2.26. The largest absolute Gasteiger partial charge is 0.368 e. The Morgan fingerprint density at radius 2 is 1.92 bits per heavy atom. The predicted molar refractivity (Wildman–Crippen MR) is 98.5 cm³/mol. The van der Waals surface area contributed by atoms with Crippen molar-refractivity contribution in [2.45, 2.75) is 45.7 Å². The van der Waals surface area contributed by atoms with Crippen molar-refractivity contribution in [2.24, 2.45) is 0 Å². The zero-order valence-electron chi connectivity index (χ0n) is 15.6. The van der Waals surface area contributed by atoms with Gasteiger partial charge in [-0.15, -0.1) is 10.2 Å². The second-order valence-electron chi connectivity index (χ2n) is 6.94. The first-order valence-electron chi connectivity index (χ1n) is 8.90. The van der Waals surface area contributed by atoms with Crippen LogP contribution in [0, 0.1) is 6.92 Å². The molecule has 0 amide bonds.